The SMILES string of the molecule is Cc1cc(C(=O)CSc2nc3cc(Cl)ccc3s2)c(C)n1-c1ccc(F)cc1. The highest BCUT2D eigenvalue weighted by molar-refractivity contribution is 8.01. The number of hydrogen-bond donors (Lipinski definition) is 0. The number of halogens is 2. The zero-order chi connectivity index (χ0) is 19.8. The standard InChI is InChI=1S/C21H16ClFN2OS2/c1-12-9-17(13(2)25(12)16-6-4-15(23)5-7-16)19(26)11-27-21-24-18-10-14(22)3-8-20(18)28-21/h3-10H,11H2,1-2H3. The lowest BCUT2D eigenvalue weighted by Gasteiger charge is -2.09. The minimum Gasteiger partial charge on any atom is -0.318 e. The van der Waals surface area contributed by atoms with Crippen molar-refractivity contribution in [1.29, 1.82) is 0 Å². The highest BCUT2D eigenvalue weighted by atomic mass is 35.5. The van der Waals surface area contributed by atoms with Crippen molar-refractivity contribution in [3.05, 3.63) is 76.3 Å². The fourth-order valence-electron chi connectivity index (χ4n) is 3.18. The molecule has 2 aromatic carbocycles. The number of Topliss-reactive ketones (excluding diaryl/α,β-unsaturated/α-hetero) is 1. The third kappa shape index (κ3) is 3.72. The second kappa shape index (κ2) is 7.70. The van der Waals surface area contributed by atoms with E-state index in [1.807, 2.05) is 42.7 Å². The summed E-state index contributed by atoms with van der Waals surface area (Å²) in [6.45, 7) is 3.85. The molecule has 0 saturated carbocycles. The Hall–Kier alpha value is -2.15. The molecule has 4 rings (SSSR count). The Morgan fingerprint density at radius 3 is 2.68 bits per heavy atom. The molecule has 0 aliphatic heterocycles. The first-order valence-electron chi connectivity index (χ1n) is 8.59. The predicted molar refractivity (Wildman–Crippen MR) is 115 cm³/mol. The summed E-state index contributed by atoms with van der Waals surface area (Å²) in [7, 11) is 0. The summed E-state index contributed by atoms with van der Waals surface area (Å²) in [5.74, 6) is 0.0705. The van der Waals surface area contributed by atoms with Crippen molar-refractivity contribution in [2.24, 2.45) is 0 Å². The van der Waals surface area contributed by atoms with Crippen LogP contribution >= 0.6 is 34.7 Å². The highest BCUT2D eigenvalue weighted by Gasteiger charge is 2.18. The third-order valence-corrected chi connectivity index (χ3v) is 6.89. The molecule has 0 aliphatic carbocycles. The zero-order valence-electron chi connectivity index (χ0n) is 15.2. The van der Waals surface area contributed by atoms with Gasteiger partial charge in [-0.2, -0.15) is 0 Å². The van der Waals surface area contributed by atoms with Crippen LogP contribution in [-0.4, -0.2) is 21.1 Å². The van der Waals surface area contributed by atoms with Crippen molar-refractivity contribution < 1.29 is 9.18 Å². The Kier molecular flexibility index (Phi) is 5.27. The zero-order valence-corrected chi connectivity index (χ0v) is 17.6. The number of hydrogen-bond acceptors (Lipinski definition) is 4. The molecule has 0 atom stereocenters. The number of thiazole rings is 1. The molecule has 0 bridgehead atoms. The van der Waals surface area contributed by atoms with Gasteiger partial charge in [0.15, 0.2) is 10.1 Å². The molecule has 3 nitrogen and oxygen atoms in total. The summed E-state index contributed by atoms with van der Waals surface area (Å²) in [5, 5.41) is 0.652. The second-order valence-corrected chi connectivity index (χ2v) is 9.09. The van der Waals surface area contributed by atoms with Crippen molar-refractivity contribution >= 4 is 50.7 Å². The molecule has 0 N–H and O–H groups in total. The predicted octanol–water partition coefficient (Wildman–Crippen LogP) is 6.47. The van der Waals surface area contributed by atoms with Crippen LogP contribution in [0.15, 0.2) is 52.9 Å². The highest BCUT2D eigenvalue weighted by Crippen LogP contribution is 2.32. The smallest absolute Gasteiger partial charge is 0.174 e. The van der Waals surface area contributed by atoms with Crippen LogP contribution in [0.1, 0.15) is 21.7 Å². The largest absolute Gasteiger partial charge is 0.318 e. The van der Waals surface area contributed by atoms with Crippen LogP contribution in [0.3, 0.4) is 0 Å². The summed E-state index contributed by atoms with van der Waals surface area (Å²) in [5.41, 5.74) is 4.16. The molecule has 0 aliphatic rings. The fraction of sp³-hybridized carbons (Fsp3) is 0.143. The first-order valence-corrected chi connectivity index (χ1v) is 10.8. The number of rotatable bonds is 5. The van der Waals surface area contributed by atoms with E-state index in [1.165, 1.54) is 23.9 Å². The van der Waals surface area contributed by atoms with Crippen LogP contribution in [0.4, 0.5) is 4.39 Å². The summed E-state index contributed by atoms with van der Waals surface area (Å²) >= 11 is 9.00. The molecule has 0 unspecified atom stereocenters. The molecule has 7 heteroatoms. The van der Waals surface area contributed by atoms with E-state index in [2.05, 4.69) is 4.98 Å². The van der Waals surface area contributed by atoms with Gasteiger partial charge in [0.1, 0.15) is 5.82 Å². The van der Waals surface area contributed by atoms with Crippen LogP contribution in [0.5, 0.6) is 0 Å². The van der Waals surface area contributed by atoms with E-state index in [4.69, 9.17) is 11.6 Å². The van der Waals surface area contributed by atoms with Gasteiger partial charge in [0.25, 0.3) is 0 Å². The van der Waals surface area contributed by atoms with Gasteiger partial charge in [-0.15, -0.1) is 11.3 Å². The Labute approximate surface area is 175 Å². The molecule has 4 aromatic rings. The van der Waals surface area contributed by atoms with Crippen molar-refractivity contribution in [3.8, 4) is 5.69 Å². The number of carbonyl (C=O) groups excluding carboxylic acids is 1. The number of carbonyl (C=O) groups is 1. The Morgan fingerprint density at radius 1 is 1.18 bits per heavy atom. The number of nitrogens with zero attached hydrogens (tertiary/aromatic N) is 2. The van der Waals surface area contributed by atoms with Gasteiger partial charge in [-0.05, 0) is 62.4 Å². The molecular weight excluding hydrogens is 415 g/mol. The Balaban J connectivity index is 1.54. The van der Waals surface area contributed by atoms with E-state index >= 15 is 0 Å². The van der Waals surface area contributed by atoms with E-state index < -0.39 is 0 Å². The number of fused-ring (bicyclic) bond motifs is 1. The van der Waals surface area contributed by atoms with Crippen LogP contribution < -0.4 is 0 Å². The third-order valence-electron chi connectivity index (χ3n) is 4.47. The molecule has 0 amide bonds. The molecule has 142 valence electrons. The molecular formula is C21H16ClFN2OS2. The minimum atomic E-state index is -0.281. The first-order chi connectivity index (χ1) is 13.4. The minimum absolute atomic E-state index is 0.0451. The van der Waals surface area contributed by atoms with E-state index in [0.29, 0.717) is 16.3 Å². The summed E-state index contributed by atoms with van der Waals surface area (Å²) in [4.78, 5) is 17.4. The van der Waals surface area contributed by atoms with Gasteiger partial charge in [-0.1, -0.05) is 23.4 Å². The van der Waals surface area contributed by atoms with Gasteiger partial charge in [0.2, 0.25) is 0 Å². The summed E-state index contributed by atoms with van der Waals surface area (Å²) in [6, 6.07) is 13.8. The maximum Gasteiger partial charge on any atom is 0.174 e. The quantitative estimate of drug-likeness (QED) is 0.269. The molecule has 0 radical (unpaired) electrons. The van der Waals surface area contributed by atoms with Gasteiger partial charge >= 0.3 is 0 Å². The van der Waals surface area contributed by atoms with Crippen molar-refractivity contribution in [3.63, 3.8) is 0 Å². The molecule has 0 saturated heterocycles. The number of benzene rings is 2. The van der Waals surface area contributed by atoms with Gasteiger partial charge in [-0.25, -0.2) is 9.37 Å². The second-order valence-electron chi connectivity index (χ2n) is 6.40. The van der Waals surface area contributed by atoms with Gasteiger partial charge in [-0.3, -0.25) is 4.79 Å². The fourth-order valence-corrected chi connectivity index (χ4v) is 5.28. The lowest BCUT2D eigenvalue weighted by atomic mass is 10.2. The molecule has 0 fully saturated rings. The van der Waals surface area contributed by atoms with E-state index in [-0.39, 0.29) is 11.6 Å². The lowest BCUT2D eigenvalue weighted by molar-refractivity contribution is 0.102. The van der Waals surface area contributed by atoms with Crippen LogP contribution in [0.2, 0.25) is 5.02 Å². The van der Waals surface area contributed by atoms with E-state index in [9.17, 15) is 9.18 Å². The van der Waals surface area contributed by atoms with E-state index in [1.54, 1.807) is 23.5 Å². The normalized spacial score (nSPS) is 11.3. The maximum atomic E-state index is 13.2. The van der Waals surface area contributed by atoms with Crippen LogP contribution in [-0.2, 0) is 0 Å². The molecule has 2 heterocycles. The number of ketones is 1. The van der Waals surface area contributed by atoms with E-state index in [0.717, 1.165) is 31.6 Å². The first kappa shape index (κ1) is 19.2. The molecule has 2 aromatic heterocycles. The molecule has 0 spiro atoms. The monoisotopic (exact) mass is 430 g/mol. The number of aromatic nitrogens is 2. The van der Waals surface area contributed by atoms with Crippen molar-refractivity contribution in [2.75, 3.05) is 5.75 Å². The van der Waals surface area contributed by atoms with Crippen molar-refractivity contribution in [1.82, 2.24) is 9.55 Å². The van der Waals surface area contributed by atoms with Crippen molar-refractivity contribution in [2.45, 2.75) is 18.2 Å². The number of aryl methyl sites for hydroxylation is 1. The number of thioether (sulfide) groups is 1. The Morgan fingerprint density at radius 2 is 1.93 bits per heavy atom. The maximum absolute atomic E-state index is 13.2. The van der Waals surface area contributed by atoms with Crippen LogP contribution in [0.25, 0.3) is 15.9 Å². The van der Waals surface area contributed by atoms with Gasteiger partial charge in [0.05, 0.1) is 16.0 Å². The average Bonchev–Trinajstić information content (AvgIpc) is 3.20. The van der Waals surface area contributed by atoms with Gasteiger partial charge in [0, 0.05) is 27.7 Å². The lowest BCUT2D eigenvalue weighted by Crippen LogP contribution is -2.05. The molecule has 28 heavy (non-hydrogen) atoms. The van der Waals surface area contributed by atoms with Gasteiger partial charge < -0.3 is 4.57 Å². The van der Waals surface area contributed by atoms with Crippen LogP contribution in [0, 0.1) is 19.7 Å². The Bertz CT molecular complexity index is 1180. The topological polar surface area (TPSA) is 34.9 Å². The summed E-state index contributed by atoms with van der Waals surface area (Å²) < 4.78 is 17.1. The summed E-state index contributed by atoms with van der Waals surface area (Å²) in [6.07, 6.45) is 0. The average molecular weight is 431 g/mol.